The van der Waals surface area contributed by atoms with E-state index in [9.17, 15) is 14.4 Å². The molecular formula is C23H22N4O4. The van der Waals surface area contributed by atoms with E-state index in [0.29, 0.717) is 25.3 Å². The molecule has 6 N–H and O–H groups in total. The Kier molecular flexibility index (Phi) is 5.31. The third-order valence-electron chi connectivity index (χ3n) is 5.52. The van der Waals surface area contributed by atoms with Gasteiger partial charge in [-0.15, -0.1) is 0 Å². The number of nitrogen functional groups attached to an aromatic ring is 1. The minimum atomic E-state index is -0.925. The third kappa shape index (κ3) is 3.80. The number of carbonyl (C=O) groups is 1. The summed E-state index contributed by atoms with van der Waals surface area (Å²) >= 11 is 0. The van der Waals surface area contributed by atoms with Gasteiger partial charge in [-0.3, -0.25) is 9.59 Å². The van der Waals surface area contributed by atoms with Gasteiger partial charge in [-0.1, -0.05) is 36.4 Å². The van der Waals surface area contributed by atoms with Crippen molar-refractivity contribution in [2.75, 3.05) is 17.2 Å². The van der Waals surface area contributed by atoms with Crippen LogP contribution >= 0.6 is 0 Å². The van der Waals surface area contributed by atoms with Crippen molar-refractivity contribution in [2.45, 2.75) is 19.5 Å². The van der Waals surface area contributed by atoms with Crippen molar-refractivity contribution in [3.63, 3.8) is 0 Å². The summed E-state index contributed by atoms with van der Waals surface area (Å²) in [5.74, 6) is -0.925. The van der Waals surface area contributed by atoms with Crippen LogP contribution in [0.3, 0.4) is 0 Å². The summed E-state index contributed by atoms with van der Waals surface area (Å²) in [6.07, 6.45) is 0.846. The molecule has 1 aromatic heterocycles. The van der Waals surface area contributed by atoms with Crippen molar-refractivity contribution in [3.8, 4) is 0 Å². The standard InChI is InChI=1S/C14H15N3O2.C9H7NO2/c15-6-8-1-2-9-3-4-17(7-10(9)5-8)12-11(16)13(18)14(12)19;11-9(12)8-5-6-3-1-2-4-7(6)10-8/h1-2,5H,3-4,6-7,15-16H2;1-5,10H,(H,11,12). The van der Waals surface area contributed by atoms with E-state index in [1.807, 2.05) is 35.2 Å². The number of nitrogens with one attached hydrogen (secondary N) is 1. The highest BCUT2D eigenvalue weighted by molar-refractivity contribution is 5.93. The lowest BCUT2D eigenvalue weighted by atomic mass is 9.96. The molecule has 2 heterocycles. The van der Waals surface area contributed by atoms with Crippen LogP contribution in [0.4, 0.5) is 11.4 Å². The maximum absolute atomic E-state index is 11.6. The summed E-state index contributed by atoms with van der Waals surface area (Å²) in [5.41, 5.74) is 15.3. The van der Waals surface area contributed by atoms with Crippen LogP contribution in [0.25, 0.3) is 10.9 Å². The zero-order valence-corrected chi connectivity index (χ0v) is 16.7. The molecule has 158 valence electrons. The molecule has 5 rings (SSSR count). The van der Waals surface area contributed by atoms with Gasteiger partial charge in [0, 0.05) is 30.5 Å². The van der Waals surface area contributed by atoms with E-state index in [0.717, 1.165) is 28.5 Å². The zero-order valence-electron chi connectivity index (χ0n) is 16.7. The lowest BCUT2D eigenvalue weighted by Crippen LogP contribution is -2.44. The fraction of sp³-hybridized carbons (Fsp3) is 0.174. The maximum Gasteiger partial charge on any atom is 0.352 e. The fourth-order valence-corrected chi connectivity index (χ4v) is 3.83. The predicted octanol–water partition coefficient (Wildman–Crippen LogP) is 1.75. The van der Waals surface area contributed by atoms with Crippen LogP contribution in [0.15, 0.2) is 58.1 Å². The molecule has 31 heavy (non-hydrogen) atoms. The number of hydrogen-bond donors (Lipinski definition) is 4. The second-order valence-corrected chi connectivity index (χ2v) is 7.47. The molecule has 0 saturated carbocycles. The minimum Gasteiger partial charge on any atom is -0.477 e. The first-order valence-corrected chi connectivity index (χ1v) is 9.84. The molecule has 1 aliphatic rings. The normalized spacial score (nSPS) is 13.0. The SMILES string of the molecule is NCc1ccc2c(c1)CN(c1c(N)c(=O)c1=O)CC2.O=C(O)c1cc2ccccc2[nH]1. The number of aromatic nitrogens is 1. The van der Waals surface area contributed by atoms with Gasteiger partial charge in [0.2, 0.25) is 0 Å². The summed E-state index contributed by atoms with van der Waals surface area (Å²) in [7, 11) is 0. The van der Waals surface area contributed by atoms with Gasteiger partial charge in [0.15, 0.2) is 0 Å². The number of rotatable bonds is 3. The summed E-state index contributed by atoms with van der Waals surface area (Å²) in [4.78, 5) is 38.0. The van der Waals surface area contributed by atoms with E-state index in [2.05, 4.69) is 17.1 Å². The minimum absolute atomic E-state index is 0.100. The molecule has 8 heteroatoms. The van der Waals surface area contributed by atoms with Gasteiger partial charge in [0.25, 0.3) is 10.9 Å². The molecule has 3 aromatic carbocycles. The molecule has 0 spiro atoms. The maximum atomic E-state index is 11.6. The molecule has 0 fully saturated rings. The van der Waals surface area contributed by atoms with Gasteiger partial charge in [0.1, 0.15) is 17.1 Å². The Morgan fingerprint density at radius 3 is 2.52 bits per heavy atom. The molecule has 0 atom stereocenters. The van der Waals surface area contributed by atoms with Crippen LogP contribution in [-0.2, 0) is 19.5 Å². The number of H-pyrrole nitrogens is 1. The van der Waals surface area contributed by atoms with Crippen molar-refractivity contribution >= 4 is 28.2 Å². The molecule has 0 radical (unpaired) electrons. The van der Waals surface area contributed by atoms with Crippen molar-refractivity contribution in [1.29, 1.82) is 0 Å². The summed E-state index contributed by atoms with van der Waals surface area (Å²) in [6.45, 7) is 1.82. The molecule has 0 unspecified atom stereocenters. The molecule has 0 saturated heterocycles. The Morgan fingerprint density at radius 2 is 1.84 bits per heavy atom. The Hall–Kier alpha value is -3.91. The molecule has 8 nitrogen and oxygen atoms in total. The average Bonchev–Trinajstić information content (AvgIpc) is 3.24. The van der Waals surface area contributed by atoms with Gasteiger partial charge < -0.3 is 26.5 Å². The monoisotopic (exact) mass is 418 g/mol. The number of benzene rings is 2. The molecule has 1 aliphatic heterocycles. The summed E-state index contributed by atoms with van der Waals surface area (Å²) in [6, 6.07) is 15.3. The zero-order chi connectivity index (χ0) is 22.1. The summed E-state index contributed by atoms with van der Waals surface area (Å²) < 4.78 is 0. The van der Waals surface area contributed by atoms with Crippen molar-refractivity contribution in [2.24, 2.45) is 5.73 Å². The number of para-hydroxylation sites is 1. The second kappa shape index (κ2) is 8.08. The number of fused-ring (bicyclic) bond motifs is 2. The second-order valence-electron chi connectivity index (χ2n) is 7.47. The number of hydrogen-bond acceptors (Lipinski definition) is 6. The molecule has 0 aliphatic carbocycles. The highest BCUT2D eigenvalue weighted by Gasteiger charge is 2.26. The third-order valence-corrected chi connectivity index (χ3v) is 5.52. The van der Waals surface area contributed by atoms with Gasteiger partial charge in [0.05, 0.1) is 0 Å². The summed E-state index contributed by atoms with van der Waals surface area (Å²) in [5, 5.41) is 9.58. The molecule has 0 bridgehead atoms. The topological polar surface area (TPSA) is 143 Å². The van der Waals surface area contributed by atoms with Crippen LogP contribution in [0.2, 0.25) is 0 Å². The van der Waals surface area contributed by atoms with E-state index < -0.39 is 16.8 Å². The highest BCUT2D eigenvalue weighted by atomic mass is 16.4. The number of anilines is 2. The largest absolute Gasteiger partial charge is 0.477 e. The average molecular weight is 418 g/mol. The Bertz CT molecular complexity index is 1310. The number of carboxylic acids is 1. The lowest BCUT2D eigenvalue weighted by molar-refractivity contribution is 0.0691. The number of aromatic amines is 1. The van der Waals surface area contributed by atoms with Crippen molar-refractivity contribution in [1.82, 2.24) is 4.98 Å². The van der Waals surface area contributed by atoms with E-state index in [-0.39, 0.29) is 11.4 Å². The number of carboxylic acid groups (broad SMARTS) is 1. The fourth-order valence-electron chi connectivity index (χ4n) is 3.83. The smallest absolute Gasteiger partial charge is 0.352 e. The highest BCUT2D eigenvalue weighted by Crippen LogP contribution is 2.26. The quantitative estimate of drug-likeness (QED) is 0.371. The van der Waals surface area contributed by atoms with E-state index in [1.165, 1.54) is 5.56 Å². The van der Waals surface area contributed by atoms with Crippen LogP contribution in [0.5, 0.6) is 0 Å². The first-order valence-electron chi connectivity index (χ1n) is 9.84. The first-order chi connectivity index (χ1) is 14.9. The van der Waals surface area contributed by atoms with Gasteiger partial charge >= 0.3 is 5.97 Å². The number of aromatic carboxylic acids is 1. The van der Waals surface area contributed by atoms with E-state index in [1.54, 1.807) is 6.07 Å². The van der Waals surface area contributed by atoms with Crippen molar-refractivity contribution < 1.29 is 9.90 Å². The number of nitrogens with zero attached hydrogens (tertiary/aromatic N) is 1. The Morgan fingerprint density at radius 1 is 1.06 bits per heavy atom. The van der Waals surface area contributed by atoms with Gasteiger partial charge in [-0.05, 0) is 35.2 Å². The van der Waals surface area contributed by atoms with Crippen LogP contribution in [0, 0.1) is 0 Å². The van der Waals surface area contributed by atoms with E-state index in [4.69, 9.17) is 16.6 Å². The van der Waals surface area contributed by atoms with E-state index >= 15 is 0 Å². The predicted molar refractivity (Wildman–Crippen MR) is 120 cm³/mol. The first kappa shape index (κ1) is 20.4. The van der Waals surface area contributed by atoms with Gasteiger partial charge in [-0.25, -0.2) is 4.79 Å². The van der Waals surface area contributed by atoms with Crippen LogP contribution < -0.4 is 27.2 Å². The Balaban J connectivity index is 0.000000166. The molecule has 4 aromatic rings. The van der Waals surface area contributed by atoms with Crippen molar-refractivity contribution in [3.05, 3.63) is 91.4 Å². The number of nitrogens with two attached hydrogens (primary N) is 2. The Labute approximate surface area is 177 Å². The van der Waals surface area contributed by atoms with Crippen LogP contribution in [0.1, 0.15) is 27.2 Å². The lowest BCUT2D eigenvalue weighted by Gasteiger charge is -2.31. The molecular weight excluding hydrogens is 396 g/mol. The van der Waals surface area contributed by atoms with Gasteiger partial charge in [-0.2, -0.15) is 0 Å². The molecule has 0 amide bonds. The van der Waals surface area contributed by atoms with Crippen LogP contribution in [-0.4, -0.2) is 22.6 Å².